The molecule has 1 heterocycles. The van der Waals surface area contributed by atoms with Crippen molar-refractivity contribution >= 4 is 28.6 Å². The second-order valence-corrected chi connectivity index (χ2v) is 4.82. The average molecular weight is 318 g/mol. The summed E-state index contributed by atoms with van der Waals surface area (Å²) in [5.41, 5.74) is 1.13. The summed E-state index contributed by atoms with van der Waals surface area (Å²) < 4.78 is 11.2. The van der Waals surface area contributed by atoms with E-state index in [4.69, 9.17) is 9.47 Å². The number of ether oxygens (including phenoxy) is 2. The van der Waals surface area contributed by atoms with Crippen molar-refractivity contribution in [2.45, 2.75) is 26.8 Å². The van der Waals surface area contributed by atoms with Crippen LogP contribution in [0.2, 0.25) is 0 Å². The van der Waals surface area contributed by atoms with Crippen LogP contribution in [0.25, 0.3) is 10.9 Å². The maximum absolute atomic E-state index is 11.9. The quantitative estimate of drug-likeness (QED) is 0.571. The molecule has 23 heavy (non-hydrogen) atoms. The predicted octanol–water partition coefficient (Wildman–Crippen LogP) is 1.74. The first-order chi connectivity index (χ1) is 11.0. The summed E-state index contributed by atoms with van der Waals surface area (Å²) in [4.78, 5) is 34.9. The highest BCUT2D eigenvalue weighted by Gasteiger charge is 2.14. The standard InChI is InChI=1S/C16H18N2O5/c1-3-22-15(20)8-13(19)10-18-14-6-5-11(16(21)23-4-2)7-12(14)9-17-18/h5-7,9H,3-4,8,10H2,1-2H3. The van der Waals surface area contributed by atoms with Crippen molar-refractivity contribution in [1.29, 1.82) is 0 Å². The summed E-state index contributed by atoms with van der Waals surface area (Å²) in [6.45, 7) is 3.95. The lowest BCUT2D eigenvalue weighted by Crippen LogP contribution is -2.17. The molecule has 0 saturated carbocycles. The topological polar surface area (TPSA) is 87.5 Å². The number of fused-ring (bicyclic) bond motifs is 1. The first-order valence-electron chi connectivity index (χ1n) is 7.35. The van der Waals surface area contributed by atoms with Gasteiger partial charge in [0.1, 0.15) is 13.0 Å². The van der Waals surface area contributed by atoms with Crippen LogP contribution in [-0.2, 0) is 25.6 Å². The van der Waals surface area contributed by atoms with Crippen LogP contribution in [0.3, 0.4) is 0 Å². The number of Topliss-reactive ketones (excluding diaryl/α,β-unsaturated/α-hetero) is 1. The van der Waals surface area contributed by atoms with E-state index in [1.165, 1.54) is 4.68 Å². The molecule has 0 aliphatic rings. The molecule has 0 aliphatic carbocycles. The van der Waals surface area contributed by atoms with Crippen LogP contribution in [0.4, 0.5) is 0 Å². The van der Waals surface area contributed by atoms with Gasteiger partial charge in [0, 0.05) is 5.39 Å². The first-order valence-corrected chi connectivity index (χ1v) is 7.35. The van der Waals surface area contributed by atoms with Crippen molar-refractivity contribution in [1.82, 2.24) is 9.78 Å². The number of esters is 2. The summed E-state index contributed by atoms with van der Waals surface area (Å²) in [7, 11) is 0. The minimum atomic E-state index is -0.543. The molecule has 2 rings (SSSR count). The monoisotopic (exact) mass is 318 g/mol. The van der Waals surface area contributed by atoms with E-state index in [-0.39, 0.29) is 25.4 Å². The van der Waals surface area contributed by atoms with Gasteiger partial charge in [0.05, 0.1) is 30.5 Å². The summed E-state index contributed by atoms with van der Waals surface area (Å²) in [6.07, 6.45) is 1.28. The molecule has 0 N–H and O–H groups in total. The third-order valence-corrected chi connectivity index (χ3v) is 3.13. The smallest absolute Gasteiger partial charge is 0.338 e. The molecule has 2 aromatic rings. The van der Waals surface area contributed by atoms with Crippen molar-refractivity contribution in [2.24, 2.45) is 0 Å². The zero-order valence-electron chi connectivity index (χ0n) is 13.1. The molecule has 7 nitrogen and oxygen atoms in total. The third kappa shape index (κ3) is 4.15. The molecule has 1 aromatic heterocycles. The second-order valence-electron chi connectivity index (χ2n) is 4.82. The van der Waals surface area contributed by atoms with Gasteiger partial charge < -0.3 is 9.47 Å². The van der Waals surface area contributed by atoms with Crippen LogP contribution in [0.15, 0.2) is 24.4 Å². The lowest BCUT2D eigenvalue weighted by molar-refractivity contribution is -0.145. The maximum Gasteiger partial charge on any atom is 0.338 e. The van der Waals surface area contributed by atoms with Crippen molar-refractivity contribution < 1.29 is 23.9 Å². The Morgan fingerprint density at radius 2 is 1.87 bits per heavy atom. The highest BCUT2D eigenvalue weighted by Crippen LogP contribution is 2.17. The molecular formula is C16H18N2O5. The Balaban J connectivity index is 2.12. The van der Waals surface area contributed by atoms with Crippen LogP contribution in [0, 0.1) is 0 Å². The SMILES string of the molecule is CCOC(=O)CC(=O)Cn1ncc2cc(C(=O)OCC)ccc21. The molecular weight excluding hydrogens is 300 g/mol. The minimum Gasteiger partial charge on any atom is -0.466 e. The van der Waals surface area contributed by atoms with Crippen LogP contribution >= 0.6 is 0 Å². The largest absolute Gasteiger partial charge is 0.466 e. The number of rotatable bonds is 7. The Bertz CT molecular complexity index is 735. The molecule has 0 bridgehead atoms. The van der Waals surface area contributed by atoms with E-state index in [1.807, 2.05) is 0 Å². The van der Waals surface area contributed by atoms with Crippen molar-refractivity contribution in [3.63, 3.8) is 0 Å². The molecule has 1 aromatic carbocycles. The molecule has 0 unspecified atom stereocenters. The summed E-state index contributed by atoms with van der Waals surface area (Å²) in [5, 5.41) is 4.85. The van der Waals surface area contributed by atoms with E-state index in [2.05, 4.69) is 5.10 Å². The lowest BCUT2D eigenvalue weighted by atomic mass is 10.1. The fourth-order valence-corrected chi connectivity index (χ4v) is 2.15. The Morgan fingerprint density at radius 3 is 2.57 bits per heavy atom. The second kappa shape index (κ2) is 7.53. The molecule has 0 radical (unpaired) electrons. The number of carbonyl (C=O) groups excluding carboxylic acids is 3. The molecule has 0 amide bonds. The van der Waals surface area contributed by atoms with Gasteiger partial charge in [-0.3, -0.25) is 14.3 Å². The summed E-state index contributed by atoms with van der Waals surface area (Å²) >= 11 is 0. The maximum atomic E-state index is 11.9. The normalized spacial score (nSPS) is 10.5. The molecule has 0 saturated heterocycles. The zero-order chi connectivity index (χ0) is 16.8. The average Bonchev–Trinajstić information content (AvgIpc) is 2.89. The Hall–Kier alpha value is -2.70. The van der Waals surface area contributed by atoms with Gasteiger partial charge in [-0.1, -0.05) is 0 Å². The van der Waals surface area contributed by atoms with Gasteiger partial charge in [-0.15, -0.1) is 0 Å². The van der Waals surface area contributed by atoms with Crippen molar-refractivity contribution in [2.75, 3.05) is 13.2 Å². The zero-order valence-corrected chi connectivity index (χ0v) is 13.1. The van der Waals surface area contributed by atoms with E-state index in [1.54, 1.807) is 38.2 Å². The number of nitrogens with zero attached hydrogens (tertiary/aromatic N) is 2. The highest BCUT2D eigenvalue weighted by molar-refractivity contribution is 5.97. The predicted molar refractivity (Wildman–Crippen MR) is 81.9 cm³/mol. The van der Waals surface area contributed by atoms with E-state index >= 15 is 0 Å². The van der Waals surface area contributed by atoms with Crippen LogP contribution in [-0.4, -0.2) is 40.7 Å². The van der Waals surface area contributed by atoms with Crippen LogP contribution in [0.5, 0.6) is 0 Å². The Morgan fingerprint density at radius 1 is 1.13 bits per heavy atom. The third-order valence-electron chi connectivity index (χ3n) is 3.13. The molecule has 0 spiro atoms. The van der Waals surface area contributed by atoms with Gasteiger partial charge in [0.15, 0.2) is 5.78 Å². The van der Waals surface area contributed by atoms with E-state index in [0.29, 0.717) is 17.7 Å². The number of benzene rings is 1. The van der Waals surface area contributed by atoms with Gasteiger partial charge in [-0.2, -0.15) is 5.10 Å². The highest BCUT2D eigenvalue weighted by atomic mass is 16.5. The van der Waals surface area contributed by atoms with Crippen molar-refractivity contribution in [3.05, 3.63) is 30.0 Å². The molecule has 0 atom stereocenters. The van der Waals surface area contributed by atoms with Crippen molar-refractivity contribution in [3.8, 4) is 0 Å². The van der Waals surface area contributed by atoms with Gasteiger partial charge in [0.25, 0.3) is 0 Å². The summed E-state index contributed by atoms with van der Waals surface area (Å²) in [5.74, 6) is -1.23. The van der Waals surface area contributed by atoms with Gasteiger partial charge in [-0.25, -0.2) is 4.79 Å². The van der Waals surface area contributed by atoms with Gasteiger partial charge in [0.2, 0.25) is 0 Å². The molecule has 122 valence electrons. The number of aromatic nitrogens is 2. The number of hydrogen-bond donors (Lipinski definition) is 0. The molecule has 0 aliphatic heterocycles. The van der Waals surface area contributed by atoms with Gasteiger partial charge in [-0.05, 0) is 32.0 Å². The number of hydrogen-bond acceptors (Lipinski definition) is 6. The lowest BCUT2D eigenvalue weighted by Gasteiger charge is -2.05. The Labute approximate surface area is 133 Å². The fraction of sp³-hybridized carbons (Fsp3) is 0.375. The molecule has 0 fully saturated rings. The number of ketones is 1. The van der Waals surface area contributed by atoms with Crippen LogP contribution < -0.4 is 0 Å². The minimum absolute atomic E-state index is 0.0267. The van der Waals surface area contributed by atoms with Crippen LogP contribution in [0.1, 0.15) is 30.6 Å². The van der Waals surface area contributed by atoms with E-state index in [9.17, 15) is 14.4 Å². The fourth-order valence-electron chi connectivity index (χ4n) is 2.15. The van der Waals surface area contributed by atoms with E-state index in [0.717, 1.165) is 5.39 Å². The van der Waals surface area contributed by atoms with Gasteiger partial charge >= 0.3 is 11.9 Å². The first kappa shape index (κ1) is 16.7. The number of carbonyl (C=O) groups is 3. The molecule has 7 heteroatoms. The summed E-state index contributed by atoms with van der Waals surface area (Å²) in [6, 6.07) is 4.98. The Kier molecular flexibility index (Phi) is 5.46. The van der Waals surface area contributed by atoms with E-state index < -0.39 is 11.9 Å².